The molecular weight excluding hydrogens is 345 g/mol. The minimum Gasteiger partial charge on any atom is -0.493 e. The lowest BCUT2D eigenvalue weighted by Crippen LogP contribution is -2.38. The normalized spacial score (nSPS) is 22.2. The topological polar surface area (TPSA) is 49.8 Å². The number of rotatable bonds is 3. The van der Waals surface area contributed by atoms with Crippen molar-refractivity contribution in [2.45, 2.75) is 46.1 Å². The molecule has 0 atom stereocenters. The highest BCUT2D eigenvalue weighted by Gasteiger charge is 2.51. The Morgan fingerprint density at radius 2 is 1.96 bits per heavy atom. The lowest BCUT2D eigenvalue weighted by molar-refractivity contribution is -0.144. The molecule has 2 heterocycles. The Morgan fingerprint density at radius 3 is 2.59 bits per heavy atom. The molecule has 0 amide bonds. The number of hydrogen-bond donors (Lipinski definition) is 1. The van der Waals surface area contributed by atoms with E-state index in [2.05, 4.69) is 11.8 Å². The number of benzene rings is 1. The largest absolute Gasteiger partial charge is 0.493 e. The minimum atomic E-state index is -0.655. The maximum Gasteiger partial charge on any atom is 0.310 e. The molecule has 5 heteroatoms. The average Bonchev–Trinajstić information content (AvgIpc) is 3.44. The minimum absolute atomic E-state index is 0.239. The van der Waals surface area contributed by atoms with Gasteiger partial charge in [0.15, 0.2) is 0 Å². The van der Waals surface area contributed by atoms with Gasteiger partial charge in [0.05, 0.1) is 11.2 Å². The summed E-state index contributed by atoms with van der Waals surface area (Å²) in [5.41, 5.74) is 5.13. The van der Waals surface area contributed by atoms with Crippen LogP contribution in [0.1, 0.15) is 50.7 Å². The first-order valence-corrected chi connectivity index (χ1v) is 9.67. The molecule has 4 rings (SSSR count). The second-order valence-corrected chi connectivity index (χ2v) is 8.11. The molecular formula is C22H26FNO3. The highest BCUT2D eigenvalue weighted by molar-refractivity contribution is 5.83. The molecule has 0 aromatic heterocycles. The molecule has 1 saturated heterocycles. The highest BCUT2D eigenvalue weighted by atomic mass is 19.1. The number of aliphatic carboxylic acids is 1. The standard InChI is InChI=1S/C22H26FNO3/c1-14-15(2)27-12-17-11-18(23)3-4-19(17)20(14)16-5-9-24(10-6-16)13-22(7-8-22)21(25)26/h3-4,11H,5-10,12-13H2,1-2H3,(H,25,26). The van der Waals surface area contributed by atoms with Gasteiger partial charge in [-0.05, 0) is 73.9 Å². The zero-order valence-corrected chi connectivity index (χ0v) is 16.0. The molecule has 2 fully saturated rings. The van der Waals surface area contributed by atoms with Crippen LogP contribution in [-0.4, -0.2) is 35.6 Å². The van der Waals surface area contributed by atoms with Crippen LogP contribution in [0.5, 0.6) is 0 Å². The van der Waals surface area contributed by atoms with Crippen molar-refractivity contribution in [1.82, 2.24) is 4.90 Å². The second kappa shape index (κ2) is 6.79. The molecule has 27 heavy (non-hydrogen) atoms. The lowest BCUT2D eigenvalue weighted by Gasteiger charge is -2.32. The molecule has 0 bridgehead atoms. The van der Waals surface area contributed by atoms with E-state index in [1.807, 2.05) is 13.0 Å². The van der Waals surface area contributed by atoms with Gasteiger partial charge in [-0.1, -0.05) is 11.6 Å². The van der Waals surface area contributed by atoms with Crippen molar-refractivity contribution in [1.29, 1.82) is 0 Å². The molecule has 144 valence electrons. The third-order valence-electron chi connectivity index (χ3n) is 6.33. The van der Waals surface area contributed by atoms with E-state index >= 15 is 0 Å². The maximum atomic E-state index is 13.7. The van der Waals surface area contributed by atoms with Crippen molar-refractivity contribution in [3.05, 3.63) is 52.0 Å². The number of likely N-dealkylation sites (tertiary alicyclic amines) is 1. The van der Waals surface area contributed by atoms with Crippen molar-refractivity contribution >= 4 is 11.5 Å². The Labute approximate surface area is 159 Å². The van der Waals surface area contributed by atoms with Crippen molar-refractivity contribution in [2.24, 2.45) is 5.41 Å². The van der Waals surface area contributed by atoms with Crippen LogP contribution in [0.3, 0.4) is 0 Å². The fraction of sp³-hybridized carbons (Fsp3) is 0.500. The molecule has 0 spiro atoms. The first kappa shape index (κ1) is 18.2. The molecule has 1 saturated carbocycles. The van der Waals surface area contributed by atoms with E-state index in [0.717, 1.165) is 61.2 Å². The van der Waals surface area contributed by atoms with Crippen molar-refractivity contribution in [2.75, 3.05) is 19.6 Å². The number of carboxylic acids is 1. The zero-order chi connectivity index (χ0) is 19.2. The number of piperidine rings is 1. The molecule has 4 nitrogen and oxygen atoms in total. The molecule has 1 N–H and O–H groups in total. The fourth-order valence-corrected chi connectivity index (χ4v) is 4.30. The Morgan fingerprint density at radius 1 is 1.26 bits per heavy atom. The Kier molecular flexibility index (Phi) is 4.58. The van der Waals surface area contributed by atoms with Gasteiger partial charge in [-0.25, -0.2) is 4.39 Å². The van der Waals surface area contributed by atoms with Crippen molar-refractivity contribution in [3.63, 3.8) is 0 Å². The van der Waals surface area contributed by atoms with E-state index < -0.39 is 11.4 Å². The van der Waals surface area contributed by atoms with Crippen LogP contribution in [0.25, 0.3) is 5.57 Å². The summed E-state index contributed by atoms with van der Waals surface area (Å²) in [5.74, 6) is -0.00518. The molecule has 0 radical (unpaired) electrons. The first-order chi connectivity index (χ1) is 12.9. The summed E-state index contributed by atoms with van der Waals surface area (Å²) in [6.45, 7) is 6.84. The van der Waals surface area contributed by atoms with Crippen molar-refractivity contribution < 1.29 is 19.0 Å². The van der Waals surface area contributed by atoms with Gasteiger partial charge >= 0.3 is 5.97 Å². The third-order valence-corrected chi connectivity index (χ3v) is 6.33. The summed E-state index contributed by atoms with van der Waals surface area (Å²) in [7, 11) is 0. The highest BCUT2D eigenvalue weighted by Crippen LogP contribution is 2.47. The summed E-state index contributed by atoms with van der Waals surface area (Å²) >= 11 is 0. The van der Waals surface area contributed by atoms with Crippen LogP contribution in [0, 0.1) is 11.2 Å². The average molecular weight is 371 g/mol. The molecule has 0 unspecified atom stereocenters. The Bertz CT molecular complexity index is 841. The summed E-state index contributed by atoms with van der Waals surface area (Å²) in [6, 6.07) is 4.96. The van der Waals surface area contributed by atoms with Crippen LogP contribution < -0.4 is 0 Å². The van der Waals surface area contributed by atoms with E-state index in [1.54, 1.807) is 6.07 Å². The van der Waals surface area contributed by atoms with Gasteiger partial charge in [0.2, 0.25) is 0 Å². The number of ether oxygens (including phenoxy) is 1. The Hall–Kier alpha value is -2.14. The number of allylic oxidation sites excluding steroid dienone is 3. The van der Waals surface area contributed by atoms with E-state index in [0.29, 0.717) is 13.2 Å². The second-order valence-electron chi connectivity index (χ2n) is 8.11. The van der Waals surface area contributed by atoms with Gasteiger partial charge in [-0.15, -0.1) is 0 Å². The van der Waals surface area contributed by atoms with Crippen LogP contribution in [0.2, 0.25) is 0 Å². The number of carboxylic acid groups (broad SMARTS) is 1. The number of carbonyl (C=O) groups is 1. The third kappa shape index (κ3) is 3.41. The Balaban J connectivity index is 1.60. The molecule has 1 aliphatic carbocycles. The predicted octanol–water partition coefficient (Wildman–Crippen LogP) is 4.36. The molecule has 1 aromatic rings. The maximum absolute atomic E-state index is 13.7. The van der Waals surface area contributed by atoms with Gasteiger partial charge in [-0.2, -0.15) is 0 Å². The van der Waals surface area contributed by atoms with Gasteiger partial charge in [0.1, 0.15) is 12.4 Å². The quantitative estimate of drug-likeness (QED) is 0.857. The number of nitrogens with zero attached hydrogens (tertiary/aromatic N) is 1. The van der Waals surface area contributed by atoms with E-state index in [1.165, 1.54) is 17.2 Å². The zero-order valence-electron chi connectivity index (χ0n) is 16.0. The van der Waals surface area contributed by atoms with Gasteiger partial charge in [-0.3, -0.25) is 4.79 Å². The lowest BCUT2D eigenvalue weighted by atomic mass is 9.86. The summed E-state index contributed by atoms with van der Waals surface area (Å²) in [5, 5.41) is 9.43. The van der Waals surface area contributed by atoms with E-state index in [9.17, 15) is 14.3 Å². The van der Waals surface area contributed by atoms with Gasteiger partial charge < -0.3 is 14.7 Å². The summed E-state index contributed by atoms with van der Waals surface area (Å²) in [6.07, 6.45) is 3.41. The van der Waals surface area contributed by atoms with E-state index in [-0.39, 0.29) is 5.82 Å². The van der Waals surface area contributed by atoms with Gasteiger partial charge in [0, 0.05) is 19.6 Å². The summed E-state index contributed by atoms with van der Waals surface area (Å²) in [4.78, 5) is 13.8. The molecule has 2 aliphatic heterocycles. The SMILES string of the molecule is CC1=C(C)C(=C2CCN(CC3(C(=O)O)CC3)CC2)c2ccc(F)cc2CO1. The first-order valence-electron chi connectivity index (χ1n) is 9.67. The number of hydrogen-bond acceptors (Lipinski definition) is 3. The monoisotopic (exact) mass is 371 g/mol. The van der Waals surface area contributed by atoms with Crippen LogP contribution in [0.4, 0.5) is 4.39 Å². The molecule has 3 aliphatic rings. The van der Waals surface area contributed by atoms with Crippen LogP contribution >= 0.6 is 0 Å². The fourth-order valence-electron chi connectivity index (χ4n) is 4.30. The number of halogens is 1. The summed E-state index contributed by atoms with van der Waals surface area (Å²) < 4.78 is 19.6. The van der Waals surface area contributed by atoms with Crippen LogP contribution in [0.15, 0.2) is 35.1 Å². The smallest absolute Gasteiger partial charge is 0.310 e. The van der Waals surface area contributed by atoms with Gasteiger partial charge in [0.25, 0.3) is 0 Å². The van der Waals surface area contributed by atoms with Crippen LogP contribution in [-0.2, 0) is 16.1 Å². The molecule has 1 aromatic carbocycles. The van der Waals surface area contributed by atoms with E-state index in [4.69, 9.17) is 4.74 Å². The van der Waals surface area contributed by atoms with Crippen molar-refractivity contribution in [3.8, 4) is 0 Å². The number of fused-ring (bicyclic) bond motifs is 1. The predicted molar refractivity (Wildman–Crippen MR) is 101 cm³/mol.